The highest BCUT2D eigenvalue weighted by Gasteiger charge is 2.21. The molecule has 9 heteroatoms. The highest BCUT2D eigenvalue weighted by atomic mass is 35.5. The molecular weight excluding hydrogens is 464 g/mol. The Bertz CT molecular complexity index is 1230. The fourth-order valence-corrected chi connectivity index (χ4v) is 4.35. The van der Waals surface area contributed by atoms with Crippen LogP contribution in [0.15, 0.2) is 71.6 Å². The number of ether oxygens (including phenoxy) is 2. The largest absolute Gasteiger partial charge is 0.493 e. The number of carbonyl (C=O) groups is 1. The van der Waals surface area contributed by atoms with Crippen LogP contribution in [0.3, 0.4) is 0 Å². The van der Waals surface area contributed by atoms with Crippen LogP contribution in [0.4, 0.5) is 11.4 Å². The molecular formula is C24H25ClN2O5S. The van der Waals surface area contributed by atoms with Gasteiger partial charge in [-0.25, -0.2) is 8.42 Å². The molecule has 0 heterocycles. The summed E-state index contributed by atoms with van der Waals surface area (Å²) in [5.74, 6) is 0.637. The second-order valence-electron chi connectivity index (χ2n) is 7.20. The fourth-order valence-electron chi connectivity index (χ4n) is 3.05. The van der Waals surface area contributed by atoms with E-state index >= 15 is 0 Å². The molecule has 3 rings (SSSR count). The van der Waals surface area contributed by atoms with Crippen molar-refractivity contribution in [2.45, 2.75) is 31.3 Å². The van der Waals surface area contributed by atoms with E-state index in [-0.39, 0.29) is 10.8 Å². The average Bonchev–Trinajstić information content (AvgIpc) is 2.81. The number of halogens is 1. The molecule has 1 atom stereocenters. The molecule has 0 unspecified atom stereocenters. The van der Waals surface area contributed by atoms with E-state index < -0.39 is 16.1 Å². The average molecular weight is 489 g/mol. The molecule has 174 valence electrons. The molecule has 2 N–H and O–H groups in total. The smallest absolute Gasteiger partial charge is 0.265 e. The summed E-state index contributed by atoms with van der Waals surface area (Å²) in [5.41, 5.74) is 1.48. The Labute approximate surface area is 198 Å². The van der Waals surface area contributed by atoms with Gasteiger partial charge in [0.05, 0.1) is 17.7 Å². The predicted octanol–water partition coefficient (Wildman–Crippen LogP) is 5.25. The maximum atomic E-state index is 12.7. The molecule has 0 radical (unpaired) electrons. The monoisotopic (exact) mass is 488 g/mol. The van der Waals surface area contributed by atoms with Gasteiger partial charge in [0.2, 0.25) is 0 Å². The first kappa shape index (κ1) is 24.4. The second kappa shape index (κ2) is 10.6. The van der Waals surface area contributed by atoms with Gasteiger partial charge < -0.3 is 14.8 Å². The number of carbonyl (C=O) groups excluding carboxylic acids is 1. The number of amides is 1. The van der Waals surface area contributed by atoms with Crippen LogP contribution in [-0.4, -0.2) is 27.5 Å². The van der Waals surface area contributed by atoms with Crippen molar-refractivity contribution in [2.75, 3.05) is 17.1 Å². The highest BCUT2D eigenvalue weighted by Crippen LogP contribution is 2.28. The third kappa shape index (κ3) is 5.97. The van der Waals surface area contributed by atoms with Crippen molar-refractivity contribution in [3.05, 3.63) is 77.3 Å². The molecule has 0 aliphatic carbocycles. The number of hydrogen-bond acceptors (Lipinski definition) is 5. The van der Waals surface area contributed by atoms with E-state index in [1.54, 1.807) is 43.3 Å². The normalized spacial score (nSPS) is 12.0. The van der Waals surface area contributed by atoms with Gasteiger partial charge in [0.25, 0.3) is 15.9 Å². The number of sulfonamides is 1. The molecule has 0 bridgehead atoms. The van der Waals surface area contributed by atoms with E-state index in [0.717, 1.165) is 0 Å². The van der Waals surface area contributed by atoms with Gasteiger partial charge in [-0.05, 0) is 67.4 Å². The van der Waals surface area contributed by atoms with Crippen molar-refractivity contribution in [1.29, 1.82) is 0 Å². The lowest BCUT2D eigenvalue weighted by molar-refractivity contribution is -0.122. The molecule has 33 heavy (non-hydrogen) atoms. The Morgan fingerprint density at radius 1 is 1.00 bits per heavy atom. The van der Waals surface area contributed by atoms with Crippen molar-refractivity contribution in [1.82, 2.24) is 0 Å². The number of hydrogen-bond donors (Lipinski definition) is 2. The first-order valence-electron chi connectivity index (χ1n) is 10.2. The summed E-state index contributed by atoms with van der Waals surface area (Å²) in [6.07, 6.45) is -0.323. The number of rotatable bonds is 9. The van der Waals surface area contributed by atoms with Gasteiger partial charge in [-0.1, -0.05) is 36.7 Å². The molecule has 0 aliphatic rings. The Hall–Kier alpha value is -3.23. The molecule has 0 saturated carbocycles. The van der Waals surface area contributed by atoms with Gasteiger partial charge in [0.15, 0.2) is 17.6 Å². The topological polar surface area (TPSA) is 93.7 Å². The molecule has 7 nitrogen and oxygen atoms in total. The molecule has 0 spiro atoms. The minimum absolute atomic E-state index is 0.0530. The summed E-state index contributed by atoms with van der Waals surface area (Å²) in [6, 6.07) is 17.9. The van der Waals surface area contributed by atoms with E-state index in [9.17, 15) is 13.2 Å². The van der Waals surface area contributed by atoms with Crippen molar-refractivity contribution in [2.24, 2.45) is 0 Å². The second-order valence-corrected chi connectivity index (χ2v) is 9.29. The summed E-state index contributed by atoms with van der Waals surface area (Å²) in [6.45, 7) is 3.56. The van der Waals surface area contributed by atoms with Gasteiger partial charge in [0, 0.05) is 10.7 Å². The molecule has 0 aliphatic heterocycles. The van der Waals surface area contributed by atoms with Crippen LogP contribution in [0, 0.1) is 6.92 Å². The fraction of sp³-hybridized carbons (Fsp3) is 0.208. The van der Waals surface area contributed by atoms with Gasteiger partial charge in [-0.2, -0.15) is 0 Å². The minimum Gasteiger partial charge on any atom is -0.493 e. The van der Waals surface area contributed by atoms with Crippen molar-refractivity contribution < 1.29 is 22.7 Å². The van der Waals surface area contributed by atoms with Crippen molar-refractivity contribution >= 4 is 38.9 Å². The van der Waals surface area contributed by atoms with Gasteiger partial charge in [-0.15, -0.1) is 0 Å². The predicted molar refractivity (Wildman–Crippen MR) is 130 cm³/mol. The van der Waals surface area contributed by atoms with Crippen LogP contribution in [0.25, 0.3) is 0 Å². The zero-order valence-corrected chi connectivity index (χ0v) is 20.0. The molecule has 3 aromatic carbocycles. The maximum Gasteiger partial charge on any atom is 0.265 e. The Morgan fingerprint density at radius 3 is 2.30 bits per heavy atom. The standard InChI is InChI=1S/C24H25ClN2O5S/c1-4-21(32-23-11-6-5-10-22(23)31-3)24(28)26-17-12-14-18(15-13-17)33(29,30)27-20-9-7-8-19(25)16(20)2/h5-15,21,27H,4H2,1-3H3,(H,26,28)/t21-/m1/s1. The van der Waals surface area contributed by atoms with Crippen LogP contribution >= 0.6 is 11.6 Å². The SMILES string of the molecule is CC[C@@H](Oc1ccccc1OC)C(=O)Nc1ccc(S(=O)(=O)Nc2cccc(Cl)c2C)cc1. The summed E-state index contributed by atoms with van der Waals surface area (Å²) in [5, 5.41) is 3.22. The molecule has 3 aromatic rings. The molecule has 0 fully saturated rings. The Kier molecular flexibility index (Phi) is 7.84. The van der Waals surface area contributed by atoms with E-state index in [1.165, 1.54) is 31.4 Å². The van der Waals surface area contributed by atoms with E-state index in [1.807, 2.05) is 13.0 Å². The third-order valence-corrected chi connectivity index (χ3v) is 6.74. The van der Waals surface area contributed by atoms with E-state index in [4.69, 9.17) is 21.1 Å². The quantitative estimate of drug-likeness (QED) is 0.429. The van der Waals surface area contributed by atoms with Gasteiger partial charge in [0.1, 0.15) is 0 Å². The number of benzene rings is 3. The van der Waals surface area contributed by atoms with Crippen LogP contribution < -0.4 is 19.5 Å². The lowest BCUT2D eigenvalue weighted by Gasteiger charge is -2.19. The Morgan fingerprint density at radius 2 is 1.67 bits per heavy atom. The minimum atomic E-state index is -3.83. The van der Waals surface area contributed by atoms with Crippen LogP contribution in [0.1, 0.15) is 18.9 Å². The lowest BCUT2D eigenvalue weighted by atomic mass is 10.2. The summed E-state index contributed by atoms with van der Waals surface area (Å²) in [4.78, 5) is 12.8. The molecule has 0 saturated heterocycles. The van der Waals surface area contributed by atoms with Crippen molar-refractivity contribution in [3.8, 4) is 11.5 Å². The number of para-hydroxylation sites is 2. The molecule has 0 aromatic heterocycles. The lowest BCUT2D eigenvalue weighted by Crippen LogP contribution is -2.32. The maximum absolute atomic E-state index is 12.7. The highest BCUT2D eigenvalue weighted by molar-refractivity contribution is 7.92. The first-order chi connectivity index (χ1) is 15.7. The van der Waals surface area contributed by atoms with Crippen molar-refractivity contribution in [3.63, 3.8) is 0 Å². The number of methoxy groups -OCH3 is 1. The van der Waals surface area contributed by atoms with E-state index in [2.05, 4.69) is 10.0 Å². The zero-order chi connectivity index (χ0) is 24.0. The molecule has 1 amide bonds. The van der Waals surface area contributed by atoms with Gasteiger partial charge >= 0.3 is 0 Å². The van der Waals surface area contributed by atoms with Crippen LogP contribution in [0.5, 0.6) is 11.5 Å². The summed E-state index contributed by atoms with van der Waals surface area (Å²) < 4.78 is 39.1. The summed E-state index contributed by atoms with van der Waals surface area (Å²) >= 11 is 6.07. The zero-order valence-electron chi connectivity index (χ0n) is 18.5. The van der Waals surface area contributed by atoms with Crippen LogP contribution in [0.2, 0.25) is 5.02 Å². The van der Waals surface area contributed by atoms with E-state index in [0.29, 0.717) is 39.9 Å². The number of anilines is 2. The Balaban J connectivity index is 1.70. The van der Waals surface area contributed by atoms with Gasteiger partial charge in [-0.3, -0.25) is 9.52 Å². The van der Waals surface area contributed by atoms with Crippen LogP contribution in [-0.2, 0) is 14.8 Å². The third-order valence-electron chi connectivity index (χ3n) is 4.95. The number of nitrogens with one attached hydrogen (secondary N) is 2. The first-order valence-corrected chi connectivity index (χ1v) is 12.1. The summed E-state index contributed by atoms with van der Waals surface area (Å²) in [7, 11) is -2.30.